The summed E-state index contributed by atoms with van der Waals surface area (Å²) >= 11 is 12.1. The first-order chi connectivity index (χ1) is 10.2. The lowest BCUT2D eigenvalue weighted by atomic mass is 10.4. The van der Waals surface area contributed by atoms with Crippen LogP contribution in [0, 0.1) is 0 Å². The van der Waals surface area contributed by atoms with Gasteiger partial charge in [-0.15, -0.1) is 0 Å². The number of anilines is 1. The van der Waals surface area contributed by atoms with Crippen molar-refractivity contribution in [2.75, 3.05) is 45.4 Å². The number of ether oxygens (including phenoxy) is 3. The Morgan fingerprint density at radius 2 is 1.95 bits per heavy atom. The number of methoxy groups -OCH3 is 1. The van der Waals surface area contributed by atoms with E-state index in [0.29, 0.717) is 48.2 Å². The summed E-state index contributed by atoms with van der Waals surface area (Å²) in [5.41, 5.74) is 0. The Morgan fingerprint density at radius 1 is 1.14 bits per heavy atom. The first-order valence-corrected chi connectivity index (χ1v) is 7.74. The fourth-order valence-electron chi connectivity index (χ4n) is 1.52. The van der Waals surface area contributed by atoms with E-state index in [9.17, 15) is 0 Å². The Bertz CT molecular complexity index is 419. The number of hydrogen-bond donors (Lipinski definition) is 1. The SMILES string of the molecule is CCCNc1nc(OCCOCCCOC)c(Cl)cc1Cl. The van der Waals surface area contributed by atoms with E-state index >= 15 is 0 Å². The van der Waals surface area contributed by atoms with E-state index < -0.39 is 0 Å². The molecule has 1 aromatic heterocycles. The zero-order chi connectivity index (χ0) is 15.5. The molecular formula is C14H22Cl2N2O3. The highest BCUT2D eigenvalue weighted by Crippen LogP contribution is 2.30. The van der Waals surface area contributed by atoms with Gasteiger partial charge in [0.25, 0.3) is 0 Å². The van der Waals surface area contributed by atoms with Gasteiger partial charge in [0.15, 0.2) is 0 Å². The first-order valence-electron chi connectivity index (χ1n) is 6.98. The Kier molecular flexibility index (Phi) is 9.50. The molecule has 0 saturated heterocycles. The zero-order valence-electron chi connectivity index (χ0n) is 12.5. The summed E-state index contributed by atoms with van der Waals surface area (Å²) in [6.07, 6.45) is 1.84. The number of hydrogen-bond acceptors (Lipinski definition) is 5. The minimum Gasteiger partial charge on any atom is -0.474 e. The lowest BCUT2D eigenvalue weighted by Crippen LogP contribution is -2.10. The van der Waals surface area contributed by atoms with Crippen molar-refractivity contribution in [2.24, 2.45) is 0 Å². The fraction of sp³-hybridized carbons (Fsp3) is 0.643. The van der Waals surface area contributed by atoms with Gasteiger partial charge >= 0.3 is 0 Å². The highest BCUT2D eigenvalue weighted by Gasteiger charge is 2.10. The number of nitrogens with zero attached hydrogens (tertiary/aromatic N) is 1. The van der Waals surface area contributed by atoms with Gasteiger partial charge in [0.2, 0.25) is 5.88 Å². The molecule has 0 unspecified atom stereocenters. The zero-order valence-corrected chi connectivity index (χ0v) is 14.0. The summed E-state index contributed by atoms with van der Waals surface area (Å²) in [5.74, 6) is 0.944. The number of nitrogens with one attached hydrogen (secondary N) is 1. The summed E-state index contributed by atoms with van der Waals surface area (Å²) in [7, 11) is 1.67. The Hall–Kier alpha value is -0.750. The molecule has 0 spiro atoms. The summed E-state index contributed by atoms with van der Waals surface area (Å²) in [4.78, 5) is 4.28. The van der Waals surface area contributed by atoms with E-state index in [1.54, 1.807) is 13.2 Å². The van der Waals surface area contributed by atoms with E-state index in [4.69, 9.17) is 37.4 Å². The average molecular weight is 337 g/mol. The minimum absolute atomic E-state index is 0.361. The summed E-state index contributed by atoms with van der Waals surface area (Å²) in [6.45, 7) is 5.04. The highest BCUT2D eigenvalue weighted by atomic mass is 35.5. The summed E-state index contributed by atoms with van der Waals surface area (Å²) in [6, 6.07) is 1.63. The van der Waals surface area contributed by atoms with Crippen LogP contribution in [-0.2, 0) is 9.47 Å². The molecule has 1 rings (SSSR count). The highest BCUT2D eigenvalue weighted by molar-refractivity contribution is 6.36. The van der Waals surface area contributed by atoms with Crippen LogP contribution in [0.25, 0.3) is 0 Å². The Morgan fingerprint density at radius 3 is 2.67 bits per heavy atom. The lowest BCUT2D eigenvalue weighted by molar-refractivity contribution is 0.0796. The van der Waals surface area contributed by atoms with E-state index in [0.717, 1.165) is 19.4 Å². The third-order valence-electron chi connectivity index (χ3n) is 2.54. The second kappa shape index (κ2) is 10.9. The average Bonchev–Trinajstić information content (AvgIpc) is 2.47. The van der Waals surface area contributed by atoms with Gasteiger partial charge in [0.1, 0.15) is 17.4 Å². The van der Waals surface area contributed by atoms with Crippen molar-refractivity contribution in [1.29, 1.82) is 0 Å². The smallest absolute Gasteiger partial charge is 0.234 e. The van der Waals surface area contributed by atoms with Crippen LogP contribution in [0.2, 0.25) is 10.0 Å². The molecule has 0 saturated carbocycles. The molecule has 1 heterocycles. The van der Waals surface area contributed by atoms with Crippen molar-refractivity contribution in [3.05, 3.63) is 16.1 Å². The fourth-order valence-corrected chi connectivity index (χ4v) is 2.00. The van der Waals surface area contributed by atoms with Gasteiger partial charge in [-0.3, -0.25) is 0 Å². The van der Waals surface area contributed by atoms with Crippen LogP contribution in [0.15, 0.2) is 6.07 Å². The summed E-state index contributed by atoms with van der Waals surface area (Å²) in [5, 5.41) is 4.00. The third kappa shape index (κ3) is 7.18. The molecule has 120 valence electrons. The predicted molar refractivity (Wildman–Crippen MR) is 85.8 cm³/mol. The van der Waals surface area contributed by atoms with Crippen molar-refractivity contribution in [3.8, 4) is 5.88 Å². The first kappa shape index (κ1) is 18.3. The molecular weight excluding hydrogens is 315 g/mol. The number of aromatic nitrogens is 1. The van der Waals surface area contributed by atoms with Crippen LogP contribution in [0.3, 0.4) is 0 Å². The maximum absolute atomic E-state index is 6.07. The third-order valence-corrected chi connectivity index (χ3v) is 3.10. The molecule has 21 heavy (non-hydrogen) atoms. The Balaban J connectivity index is 2.39. The number of halogens is 2. The molecule has 0 aliphatic carbocycles. The molecule has 7 heteroatoms. The van der Waals surface area contributed by atoms with Crippen LogP contribution in [0.4, 0.5) is 5.82 Å². The van der Waals surface area contributed by atoms with Gasteiger partial charge in [0.05, 0.1) is 11.6 Å². The van der Waals surface area contributed by atoms with E-state index in [-0.39, 0.29) is 0 Å². The normalized spacial score (nSPS) is 10.7. The number of pyridine rings is 1. The lowest BCUT2D eigenvalue weighted by Gasteiger charge is -2.11. The maximum Gasteiger partial charge on any atom is 0.234 e. The van der Waals surface area contributed by atoms with Crippen LogP contribution in [0.1, 0.15) is 19.8 Å². The van der Waals surface area contributed by atoms with Crippen molar-refractivity contribution in [2.45, 2.75) is 19.8 Å². The molecule has 1 N–H and O–H groups in total. The van der Waals surface area contributed by atoms with Crippen LogP contribution in [0.5, 0.6) is 5.88 Å². The molecule has 0 aliphatic rings. The van der Waals surface area contributed by atoms with Crippen LogP contribution >= 0.6 is 23.2 Å². The predicted octanol–water partition coefficient (Wildman–Crippen LogP) is 3.64. The molecule has 0 fully saturated rings. The van der Waals surface area contributed by atoms with Crippen LogP contribution < -0.4 is 10.1 Å². The van der Waals surface area contributed by atoms with Crippen molar-refractivity contribution >= 4 is 29.0 Å². The molecule has 0 bridgehead atoms. The molecule has 0 atom stereocenters. The second-order valence-electron chi connectivity index (χ2n) is 4.34. The van der Waals surface area contributed by atoms with Gasteiger partial charge in [-0.05, 0) is 18.9 Å². The Labute approximate surface area is 135 Å². The van der Waals surface area contributed by atoms with E-state index in [1.807, 2.05) is 0 Å². The van der Waals surface area contributed by atoms with Gasteiger partial charge < -0.3 is 19.5 Å². The van der Waals surface area contributed by atoms with Crippen LogP contribution in [-0.4, -0.2) is 45.1 Å². The van der Waals surface area contributed by atoms with E-state index in [1.165, 1.54) is 0 Å². The van der Waals surface area contributed by atoms with Crippen molar-refractivity contribution in [3.63, 3.8) is 0 Å². The quantitative estimate of drug-likeness (QED) is 0.625. The molecule has 0 radical (unpaired) electrons. The molecule has 1 aromatic rings. The van der Waals surface area contributed by atoms with Gasteiger partial charge in [-0.2, -0.15) is 4.98 Å². The maximum atomic E-state index is 6.07. The standard InChI is InChI=1S/C14H22Cl2N2O3/c1-3-5-17-13-11(15)10-12(16)14(18-13)21-9-8-20-7-4-6-19-2/h10H,3-9H2,1-2H3,(H,17,18). The van der Waals surface area contributed by atoms with Gasteiger partial charge in [-0.25, -0.2) is 0 Å². The largest absolute Gasteiger partial charge is 0.474 e. The second-order valence-corrected chi connectivity index (χ2v) is 5.15. The minimum atomic E-state index is 0.361. The molecule has 0 aromatic carbocycles. The molecule has 0 amide bonds. The van der Waals surface area contributed by atoms with Gasteiger partial charge in [-0.1, -0.05) is 30.1 Å². The monoisotopic (exact) mass is 336 g/mol. The topological polar surface area (TPSA) is 52.6 Å². The summed E-state index contributed by atoms with van der Waals surface area (Å²) < 4.78 is 15.9. The molecule has 0 aliphatic heterocycles. The van der Waals surface area contributed by atoms with Gasteiger partial charge in [0, 0.05) is 26.9 Å². The van der Waals surface area contributed by atoms with Crippen molar-refractivity contribution in [1.82, 2.24) is 4.98 Å². The van der Waals surface area contributed by atoms with Crippen molar-refractivity contribution < 1.29 is 14.2 Å². The number of rotatable bonds is 11. The van der Waals surface area contributed by atoms with E-state index in [2.05, 4.69) is 17.2 Å². The molecule has 5 nitrogen and oxygen atoms in total.